The van der Waals surface area contributed by atoms with Crippen LogP contribution in [0.2, 0.25) is 0 Å². The molecule has 0 aliphatic carbocycles. The van der Waals surface area contributed by atoms with Gasteiger partial charge in [-0.1, -0.05) is 19.1 Å². The summed E-state index contributed by atoms with van der Waals surface area (Å²) in [5.41, 5.74) is 5.36. The molecule has 0 heterocycles. The molecule has 0 radical (unpaired) electrons. The quantitative estimate of drug-likeness (QED) is 0.634. The Morgan fingerprint density at radius 2 is 1.93 bits per heavy atom. The minimum Gasteiger partial charge on any atom is -0.393 e. The number of nitrogens with two attached hydrogens (primary N) is 1. The Kier molecular flexibility index (Phi) is 7.04. The van der Waals surface area contributed by atoms with Crippen molar-refractivity contribution in [2.75, 3.05) is 31.6 Å². The molecule has 0 unspecified atom stereocenters. The van der Waals surface area contributed by atoms with Gasteiger partial charge in [-0.2, -0.15) is 0 Å². The van der Waals surface area contributed by atoms with Gasteiger partial charge in [0, 0.05) is 25.3 Å². The van der Waals surface area contributed by atoms with Gasteiger partial charge in [0.05, 0.1) is 10.7 Å². The van der Waals surface area contributed by atoms with E-state index in [9.17, 15) is 8.42 Å². The van der Waals surface area contributed by atoms with E-state index >= 15 is 0 Å². The zero-order valence-corrected chi connectivity index (χ0v) is 11.0. The average molecular weight is 252 g/mol. The highest BCUT2D eigenvalue weighted by Crippen LogP contribution is 1.96. The van der Waals surface area contributed by atoms with Crippen molar-refractivity contribution in [2.45, 2.75) is 19.8 Å². The van der Waals surface area contributed by atoms with Crippen LogP contribution >= 0.6 is 12.2 Å². The first-order valence-corrected chi connectivity index (χ1v) is 7.27. The SMILES string of the molecule is CCCS(=O)(=O)CCN(C)CCC(N)=S. The van der Waals surface area contributed by atoms with Gasteiger partial charge in [-0.05, 0) is 13.5 Å². The van der Waals surface area contributed by atoms with Crippen LogP contribution < -0.4 is 5.73 Å². The van der Waals surface area contributed by atoms with Crippen LogP contribution in [0.25, 0.3) is 0 Å². The van der Waals surface area contributed by atoms with E-state index in [1.807, 2.05) is 18.9 Å². The van der Waals surface area contributed by atoms with Gasteiger partial charge in [0.1, 0.15) is 0 Å². The van der Waals surface area contributed by atoms with Crippen LogP contribution in [0.15, 0.2) is 0 Å². The molecular formula is C9H20N2O2S2. The van der Waals surface area contributed by atoms with Gasteiger partial charge < -0.3 is 10.6 Å². The molecule has 6 heteroatoms. The summed E-state index contributed by atoms with van der Waals surface area (Å²) in [6.45, 7) is 3.13. The van der Waals surface area contributed by atoms with Gasteiger partial charge in [0.15, 0.2) is 9.84 Å². The first-order chi connectivity index (χ1) is 6.87. The van der Waals surface area contributed by atoms with E-state index in [4.69, 9.17) is 18.0 Å². The lowest BCUT2D eigenvalue weighted by atomic mass is 10.4. The van der Waals surface area contributed by atoms with E-state index in [-0.39, 0.29) is 11.5 Å². The molecule has 0 rings (SSSR count). The summed E-state index contributed by atoms with van der Waals surface area (Å²) in [7, 11) is -0.996. The zero-order chi connectivity index (χ0) is 11.9. The fourth-order valence-corrected chi connectivity index (χ4v) is 2.63. The van der Waals surface area contributed by atoms with Crippen molar-refractivity contribution in [1.29, 1.82) is 0 Å². The second-order valence-electron chi connectivity index (χ2n) is 3.67. The third-order valence-electron chi connectivity index (χ3n) is 2.04. The Morgan fingerprint density at radius 3 is 2.40 bits per heavy atom. The number of rotatable bonds is 8. The van der Waals surface area contributed by atoms with Gasteiger partial charge in [-0.3, -0.25) is 0 Å². The Balaban J connectivity index is 3.80. The minimum absolute atomic E-state index is 0.217. The first kappa shape index (κ1) is 14.8. The molecule has 0 aliphatic heterocycles. The molecule has 4 nitrogen and oxygen atoms in total. The number of hydrogen-bond donors (Lipinski definition) is 1. The normalized spacial score (nSPS) is 11.9. The van der Waals surface area contributed by atoms with Crippen LogP contribution in [-0.4, -0.2) is 49.9 Å². The van der Waals surface area contributed by atoms with Gasteiger partial charge in [0.25, 0.3) is 0 Å². The van der Waals surface area contributed by atoms with Crippen molar-refractivity contribution in [1.82, 2.24) is 4.90 Å². The Labute approximate surface area is 97.7 Å². The number of sulfone groups is 1. The van der Waals surface area contributed by atoms with Crippen LogP contribution in [0, 0.1) is 0 Å². The summed E-state index contributed by atoms with van der Waals surface area (Å²) in [5.74, 6) is 0.491. The number of thiocarbonyl (C=S) groups is 1. The lowest BCUT2D eigenvalue weighted by Crippen LogP contribution is -2.29. The molecule has 0 bridgehead atoms. The second kappa shape index (κ2) is 7.14. The summed E-state index contributed by atoms with van der Waals surface area (Å²) in [4.78, 5) is 2.41. The molecule has 0 aromatic heterocycles. The van der Waals surface area contributed by atoms with E-state index in [0.717, 1.165) is 6.54 Å². The average Bonchev–Trinajstić information content (AvgIpc) is 2.11. The molecule has 0 aliphatic rings. The van der Waals surface area contributed by atoms with Crippen molar-refractivity contribution in [3.8, 4) is 0 Å². The summed E-state index contributed by atoms with van der Waals surface area (Å²) < 4.78 is 22.8. The van der Waals surface area contributed by atoms with E-state index < -0.39 is 9.84 Å². The van der Waals surface area contributed by atoms with E-state index in [1.54, 1.807) is 0 Å². The molecule has 15 heavy (non-hydrogen) atoms. The van der Waals surface area contributed by atoms with Gasteiger partial charge in [0.2, 0.25) is 0 Å². The lowest BCUT2D eigenvalue weighted by molar-refractivity contribution is 0.364. The Morgan fingerprint density at radius 1 is 1.33 bits per heavy atom. The van der Waals surface area contributed by atoms with Crippen molar-refractivity contribution in [2.24, 2.45) is 5.73 Å². The molecule has 0 fully saturated rings. The Bertz CT molecular complexity index is 288. The third kappa shape index (κ3) is 8.77. The fraction of sp³-hybridized carbons (Fsp3) is 0.889. The summed E-state index contributed by atoms with van der Waals surface area (Å²) in [6.07, 6.45) is 1.32. The largest absolute Gasteiger partial charge is 0.393 e. The predicted molar refractivity (Wildman–Crippen MR) is 67.8 cm³/mol. The van der Waals surface area contributed by atoms with E-state index in [1.165, 1.54) is 0 Å². The number of hydrogen-bond acceptors (Lipinski definition) is 4. The smallest absolute Gasteiger partial charge is 0.151 e. The summed E-state index contributed by atoms with van der Waals surface area (Å²) >= 11 is 4.75. The Hall–Kier alpha value is -0.200. The monoisotopic (exact) mass is 252 g/mol. The molecular weight excluding hydrogens is 232 g/mol. The lowest BCUT2D eigenvalue weighted by Gasteiger charge is -2.15. The van der Waals surface area contributed by atoms with Crippen molar-refractivity contribution < 1.29 is 8.42 Å². The first-order valence-electron chi connectivity index (χ1n) is 5.04. The molecule has 2 N–H and O–H groups in total. The summed E-state index contributed by atoms with van der Waals surface area (Å²) in [5, 5.41) is 0. The highest BCUT2D eigenvalue weighted by Gasteiger charge is 2.10. The predicted octanol–water partition coefficient (Wildman–Crippen LogP) is 0.419. The zero-order valence-electron chi connectivity index (χ0n) is 9.40. The van der Waals surface area contributed by atoms with Crippen molar-refractivity contribution in [3.63, 3.8) is 0 Å². The molecule has 90 valence electrons. The van der Waals surface area contributed by atoms with Gasteiger partial charge >= 0.3 is 0 Å². The highest BCUT2D eigenvalue weighted by atomic mass is 32.2. The topological polar surface area (TPSA) is 63.4 Å². The molecule has 0 saturated heterocycles. The molecule has 0 aromatic rings. The van der Waals surface area contributed by atoms with Gasteiger partial charge in [-0.25, -0.2) is 8.42 Å². The van der Waals surface area contributed by atoms with Crippen LogP contribution in [0.1, 0.15) is 19.8 Å². The third-order valence-corrected chi connectivity index (χ3v) is 4.08. The molecule has 0 aromatic carbocycles. The maximum atomic E-state index is 11.4. The molecule has 0 saturated carbocycles. The molecule has 0 amide bonds. The highest BCUT2D eigenvalue weighted by molar-refractivity contribution is 7.91. The second-order valence-corrected chi connectivity index (χ2v) is 6.50. The van der Waals surface area contributed by atoms with Crippen molar-refractivity contribution >= 4 is 27.0 Å². The maximum Gasteiger partial charge on any atom is 0.151 e. The van der Waals surface area contributed by atoms with Gasteiger partial charge in [-0.15, -0.1) is 0 Å². The molecule has 0 spiro atoms. The van der Waals surface area contributed by atoms with E-state index in [0.29, 0.717) is 24.4 Å². The van der Waals surface area contributed by atoms with Crippen LogP contribution in [-0.2, 0) is 9.84 Å². The van der Waals surface area contributed by atoms with E-state index in [2.05, 4.69) is 0 Å². The number of nitrogens with zero attached hydrogens (tertiary/aromatic N) is 1. The summed E-state index contributed by atoms with van der Waals surface area (Å²) in [6, 6.07) is 0. The fourth-order valence-electron chi connectivity index (χ4n) is 1.12. The standard InChI is InChI=1S/C9H20N2O2S2/c1-3-7-15(12,13)8-6-11(2)5-4-9(10)14/h3-8H2,1-2H3,(H2,10,14). The molecule has 0 atom stereocenters. The maximum absolute atomic E-state index is 11.4. The van der Waals surface area contributed by atoms with Crippen LogP contribution in [0.4, 0.5) is 0 Å². The van der Waals surface area contributed by atoms with Crippen LogP contribution in [0.5, 0.6) is 0 Å². The minimum atomic E-state index is -2.87. The van der Waals surface area contributed by atoms with Crippen LogP contribution in [0.3, 0.4) is 0 Å². The van der Waals surface area contributed by atoms with Crippen molar-refractivity contribution in [3.05, 3.63) is 0 Å².